The summed E-state index contributed by atoms with van der Waals surface area (Å²) in [5.41, 5.74) is 2.56. The summed E-state index contributed by atoms with van der Waals surface area (Å²) in [5.74, 6) is 0. The molecule has 1 aliphatic rings. The molecule has 3 heteroatoms. The number of pyridine rings is 1. The molecule has 96 valence electrons. The zero-order chi connectivity index (χ0) is 11.9. The van der Waals surface area contributed by atoms with Gasteiger partial charge in [0.1, 0.15) is 6.04 Å². The van der Waals surface area contributed by atoms with Crippen LogP contribution in [-0.2, 0) is 0 Å². The molecule has 0 spiro atoms. The molecule has 1 atom stereocenters. The summed E-state index contributed by atoms with van der Waals surface area (Å²) in [7, 11) is 4.68. The number of aromatic nitrogens is 1. The zero-order valence-electron chi connectivity index (χ0n) is 10.9. The van der Waals surface area contributed by atoms with Gasteiger partial charge in [0.25, 0.3) is 0 Å². The molecule has 2 heterocycles. The van der Waals surface area contributed by atoms with Crippen molar-refractivity contribution in [1.29, 1.82) is 0 Å². The maximum absolute atomic E-state index is 4.38. The highest BCUT2D eigenvalue weighted by Crippen LogP contribution is 2.36. The van der Waals surface area contributed by atoms with Crippen molar-refractivity contribution in [2.24, 2.45) is 0 Å². The molecule has 0 radical (unpaired) electrons. The molecule has 0 saturated carbocycles. The van der Waals surface area contributed by atoms with Crippen LogP contribution in [0, 0.1) is 0 Å². The van der Waals surface area contributed by atoms with Crippen LogP contribution >= 0.6 is 0 Å². The Morgan fingerprint density at radius 1 is 1.22 bits per heavy atom. The highest BCUT2D eigenvalue weighted by atomic mass is 127. The van der Waals surface area contributed by atoms with E-state index in [1.54, 1.807) is 0 Å². The van der Waals surface area contributed by atoms with Crippen molar-refractivity contribution in [2.45, 2.75) is 18.9 Å². The third-order valence-corrected chi connectivity index (χ3v) is 4.07. The van der Waals surface area contributed by atoms with Gasteiger partial charge < -0.3 is 28.5 Å². The van der Waals surface area contributed by atoms with Crippen LogP contribution in [-0.4, -0.2) is 30.1 Å². The maximum Gasteiger partial charge on any atom is 0.114 e. The van der Waals surface area contributed by atoms with E-state index in [2.05, 4.69) is 43.3 Å². The SMILES string of the molecule is C[N+]1(C)CCC[C@H]1c1ccc2ncccc2c1.[I-]. The Balaban J connectivity index is 0.00000120. The summed E-state index contributed by atoms with van der Waals surface area (Å²) in [5, 5.41) is 1.26. The molecule has 2 nitrogen and oxygen atoms in total. The van der Waals surface area contributed by atoms with Crippen molar-refractivity contribution in [2.75, 3.05) is 20.6 Å². The van der Waals surface area contributed by atoms with Gasteiger partial charge in [-0.15, -0.1) is 0 Å². The van der Waals surface area contributed by atoms with E-state index in [-0.39, 0.29) is 24.0 Å². The molecule has 0 N–H and O–H groups in total. The number of quaternary nitrogens is 1. The third kappa shape index (κ3) is 2.38. The lowest BCUT2D eigenvalue weighted by molar-refractivity contribution is -0.908. The molecule has 18 heavy (non-hydrogen) atoms. The van der Waals surface area contributed by atoms with Crippen LogP contribution in [0.15, 0.2) is 36.5 Å². The van der Waals surface area contributed by atoms with Crippen LogP contribution in [0.5, 0.6) is 0 Å². The normalized spacial score (nSPS) is 21.8. The fraction of sp³-hybridized carbons (Fsp3) is 0.400. The number of halogens is 1. The Bertz CT molecular complexity index is 551. The summed E-state index contributed by atoms with van der Waals surface area (Å²) in [6.45, 7) is 1.29. The minimum absolute atomic E-state index is 0. The van der Waals surface area contributed by atoms with Crippen LogP contribution in [0.4, 0.5) is 0 Å². The molecule has 2 aromatic rings. The van der Waals surface area contributed by atoms with E-state index >= 15 is 0 Å². The zero-order valence-corrected chi connectivity index (χ0v) is 13.1. The summed E-state index contributed by atoms with van der Waals surface area (Å²) in [6, 6.07) is 11.5. The minimum Gasteiger partial charge on any atom is -1.00 e. The number of likely N-dealkylation sites (tertiary alicyclic amines) is 1. The van der Waals surface area contributed by atoms with Gasteiger partial charge in [0, 0.05) is 30.0 Å². The first-order valence-electron chi connectivity index (χ1n) is 6.34. The van der Waals surface area contributed by atoms with Crippen molar-refractivity contribution in [3.63, 3.8) is 0 Å². The Labute approximate surface area is 126 Å². The number of hydrogen-bond acceptors (Lipinski definition) is 1. The molecule has 0 aliphatic carbocycles. The van der Waals surface area contributed by atoms with Gasteiger partial charge in [-0.3, -0.25) is 4.98 Å². The number of fused-ring (bicyclic) bond motifs is 1. The molecule has 1 aromatic heterocycles. The Morgan fingerprint density at radius 3 is 2.78 bits per heavy atom. The second-order valence-corrected chi connectivity index (χ2v) is 5.62. The Hall–Kier alpha value is -0.680. The van der Waals surface area contributed by atoms with Crippen LogP contribution < -0.4 is 24.0 Å². The smallest absolute Gasteiger partial charge is 0.114 e. The summed E-state index contributed by atoms with van der Waals surface area (Å²) >= 11 is 0. The van der Waals surface area contributed by atoms with E-state index in [9.17, 15) is 0 Å². The van der Waals surface area contributed by atoms with Gasteiger partial charge in [-0.05, 0) is 18.2 Å². The van der Waals surface area contributed by atoms with E-state index in [0.717, 1.165) is 10.00 Å². The standard InChI is InChI=1S/C15H19N2.HI/c1-17(2)10-4-6-15(17)13-7-8-14-12(11-13)5-3-9-16-14;/h3,5,7-9,11,15H,4,6,10H2,1-2H3;1H/q+1;/p-1/t15-;/m0./s1. The molecule has 0 amide bonds. The molecular weight excluding hydrogens is 335 g/mol. The molecule has 0 unspecified atom stereocenters. The lowest BCUT2D eigenvalue weighted by atomic mass is 10.0. The van der Waals surface area contributed by atoms with E-state index in [0.29, 0.717) is 6.04 Å². The quantitative estimate of drug-likeness (QED) is 0.525. The van der Waals surface area contributed by atoms with Gasteiger partial charge in [-0.1, -0.05) is 12.1 Å². The molecule has 3 rings (SSSR count). The fourth-order valence-electron chi connectivity index (χ4n) is 3.07. The van der Waals surface area contributed by atoms with Crippen LogP contribution in [0.3, 0.4) is 0 Å². The van der Waals surface area contributed by atoms with Crippen molar-refractivity contribution in [3.05, 3.63) is 42.1 Å². The fourth-order valence-corrected chi connectivity index (χ4v) is 3.07. The average Bonchev–Trinajstić information content (AvgIpc) is 2.68. The summed E-state index contributed by atoms with van der Waals surface area (Å²) in [6.07, 6.45) is 4.50. The predicted molar refractivity (Wildman–Crippen MR) is 70.7 cm³/mol. The van der Waals surface area contributed by atoms with Gasteiger partial charge >= 0.3 is 0 Å². The van der Waals surface area contributed by atoms with E-state index < -0.39 is 0 Å². The number of hydrogen-bond donors (Lipinski definition) is 0. The van der Waals surface area contributed by atoms with Gasteiger partial charge in [0.15, 0.2) is 0 Å². The average molecular weight is 354 g/mol. The van der Waals surface area contributed by atoms with Gasteiger partial charge in [0.05, 0.1) is 26.2 Å². The van der Waals surface area contributed by atoms with Crippen molar-refractivity contribution >= 4 is 10.9 Å². The molecule has 0 bridgehead atoms. The van der Waals surface area contributed by atoms with E-state index in [4.69, 9.17) is 0 Å². The Morgan fingerprint density at radius 2 is 2.06 bits per heavy atom. The molecule has 1 aliphatic heterocycles. The van der Waals surface area contributed by atoms with E-state index in [1.807, 2.05) is 12.3 Å². The monoisotopic (exact) mass is 354 g/mol. The van der Waals surface area contributed by atoms with Crippen LogP contribution in [0.1, 0.15) is 24.4 Å². The first-order chi connectivity index (χ1) is 8.17. The van der Waals surface area contributed by atoms with Gasteiger partial charge in [-0.25, -0.2) is 0 Å². The maximum atomic E-state index is 4.38. The highest BCUT2D eigenvalue weighted by molar-refractivity contribution is 5.79. The summed E-state index contributed by atoms with van der Waals surface area (Å²) < 4.78 is 1.12. The molecular formula is C15H19IN2. The van der Waals surface area contributed by atoms with Crippen LogP contribution in [0.2, 0.25) is 0 Å². The van der Waals surface area contributed by atoms with Gasteiger partial charge in [0.2, 0.25) is 0 Å². The topological polar surface area (TPSA) is 12.9 Å². The largest absolute Gasteiger partial charge is 1.00 e. The second kappa shape index (κ2) is 5.13. The van der Waals surface area contributed by atoms with Crippen LogP contribution in [0.25, 0.3) is 10.9 Å². The first-order valence-corrected chi connectivity index (χ1v) is 6.34. The third-order valence-electron chi connectivity index (χ3n) is 4.07. The highest BCUT2D eigenvalue weighted by Gasteiger charge is 2.35. The van der Waals surface area contributed by atoms with Gasteiger partial charge in [-0.2, -0.15) is 0 Å². The second-order valence-electron chi connectivity index (χ2n) is 5.62. The summed E-state index contributed by atoms with van der Waals surface area (Å²) in [4.78, 5) is 4.38. The Kier molecular flexibility index (Phi) is 3.92. The minimum atomic E-state index is 0. The van der Waals surface area contributed by atoms with Crippen molar-refractivity contribution in [3.8, 4) is 0 Å². The van der Waals surface area contributed by atoms with Crippen molar-refractivity contribution in [1.82, 2.24) is 4.98 Å². The lowest BCUT2D eigenvalue weighted by Crippen LogP contribution is -3.00. The first kappa shape index (κ1) is 13.7. The number of benzene rings is 1. The van der Waals surface area contributed by atoms with Crippen molar-refractivity contribution < 1.29 is 28.5 Å². The number of rotatable bonds is 1. The number of nitrogens with zero attached hydrogens (tertiary/aromatic N) is 2. The van der Waals surface area contributed by atoms with E-state index in [1.165, 1.54) is 30.3 Å². The molecule has 1 saturated heterocycles. The lowest BCUT2D eigenvalue weighted by Gasteiger charge is -2.31. The molecule has 1 fully saturated rings. The molecule has 1 aromatic carbocycles. The predicted octanol–water partition coefficient (Wildman–Crippen LogP) is 0.150.